The summed E-state index contributed by atoms with van der Waals surface area (Å²) in [6.45, 7) is 1.86. The van der Waals surface area contributed by atoms with Crippen molar-refractivity contribution in [3.8, 4) is 0 Å². The Bertz CT molecular complexity index is 609. The maximum atomic E-state index is 12.1. The largest absolute Gasteiger partial charge is 0.322 e. The van der Waals surface area contributed by atoms with Gasteiger partial charge in [0.15, 0.2) is 5.13 Å². The van der Waals surface area contributed by atoms with Crippen LogP contribution < -0.4 is 11.1 Å². The third-order valence-electron chi connectivity index (χ3n) is 3.21. The molecule has 0 saturated carbocycles. The average Bonchev–Trinajstić information content (AvgIpc) is 3.04. The Balaban J connectivity index is 1.73. The molecule has 7 heteroatoms. The Labute approximate surface area is 125 Å². The molecule has 0 saturated heterocycles. The third-order valence-corrected chi connectivity index (χ3v) is 5.33. The highest BCUT2D eigenvalue weighted by molar-refractivity contribution is 7.16. The van der Waals surface area contributed by atoms with Crippen LogP contribution in [-0.2, 0) is 12.8 Å². The smallest absolute Gasteiger partial charge is 0.276 e. The number of aromatic nitrogens is 2. The van der Waals surface area contributed by atoms with Gasteiger partial charge in [-0.05, 0) is 32.6 Å². The standard InChI is InChI=1S/C13H16N4OS2/c1-7(14)12-15-9(6-19-12)11(18)17-13-16-8-4-2-3-5-10(8)20-13/h6-7H,2-5,14H2,1H3,(H,16,17,18). The van der Waals surface area contributed by atoms with E-state index in [1.165, 1.54) is 29.1 Å². The molecule has 0 radical (unpaired) electrons. The topological polar surface area (TPSA) is 80.9 Å². The van der Waals surface area contributed by atoms with Crippen molar-refractivity contribution in [2.75, 3.05) is 5.32 Å². The van der Waals surface area contributed by atoms with Crippen molar-refractivity contribution >= 4 is 33.7 Å². The van der Waals surface area contributed by atoms with Crippen LogP contribution in [0.25, 0.3) is 0 Å². The first-order valence-electron chi connectivity index (χ1n) is 6.64. The molecule has 3 N–H and O–H groups in total. The van der Waals surface area contributed by atoms with Crippen LogP contribution in [0, 0.1) is 0 Å². The van der Waals surface area contributed by atoms with Gasteiger partial charge in [0.25, 0.3) is 5.91 Å². The van der Waals surface area contributed by atoms with Gasteiger partial charge in [0, 0.05) is 10.3 Å². The zero-order chi connectivity index (χ0) is 14.1. The van der Waals surface area contributed by atoms with Crippen LogP contribution in [0.3, 0.4) is 0 Å². The second-order valence-electron chi connectivity index (χ2n) is 4.91. The van der Waals surface area contributed by atoms with E-state index in [1.54, 1.807) is 16.7 Å². The summed E-state index contributed by atoms with van der Waals surface area (Å²) < 4.78 is 0. The Morgan fingerprint density at radius 1 is 1.40 bits per heavy atom. The number of anilines is 1. The fraction of sp³-hybridized carbons (Fsp3) is 0.462. The van der Waals surface area contributed by atoms with Crippen LogP contribution in [0.1, 0.15) is 51.9 Å². The number of nitrogens with two attached hydrogens (primary N) is 1. The summed E-state index contributed by atoms with van der Waals surface area (Å²) in [5, 5.41) is 6.03. The molecule has 1 aliphatic rings. The molecule has 0 fully saturated rings. The Kier molecular flexibility index (Phi) is 3.82. The van der Waals surface area contributed by atoms with Gasteiger partial charge >= 0.3 is 0 Å². The van der Waals surface area contributed by atoms with E-state index in [-0.39, 0.29) is 11.9 Å². The van der Waals surface area contributed by atoms with Crippen molar-refractivity contribution in [1.82, 2.24) is 9.97 Å². The number of nitrogens with one attached hydrogen (secondary N) is 1. The molecular weight excluding hydrogens is 292 g/mol. The van der Waals surface area contributed by atoms with Crippen LogP contribution in [0.2, 0.25) is 0 Å². The summed E-state index contributed by atoms with van der Waals surface area (Å²) in [7, 11) is 0. The molecule has 0 spiro atoms. The van der Waals surface area contributed by atoms with E-state index >= 15 is 0 Å². The van der Waals surface area contributed by atoms with E-state index in [4.69, 9.17) is 5.73 Å². The quantitative estimate of drug-likeness (QED) is 0.913. The van der Waals surface area contributed by atoms with E-state index in [2.05, 4.69) is 15.3 Å². The highest BCUT2D eigenvalue weighted by Gasteiger charge is 2.18. The lowest BCUT2D eigenvalue weighted by molar-refractivity contribution is 0.102. The zero-order valence-electron chi connectivity index (χ0n) is 11.2. The molecular formula is C13H16N4OS2. The van der Waals surface area contributed by atoms with Crippen LogP contribution in [0.4, 0.5) is 5.13 Å². The van der Waals surface area contributed by atoms with Crippen molar-refractivity contribution in [3.63, 3.8) is 0 Å². The molecule has 1 unspecified atom stereocenters. The summed E-state index contributed by atoms with van der Waals surface area (Å²) in [4.78, 5) is 22.2. The lowest BCUT2D eigenvalue weighted by Gasteiger charge is -2.06. The van der Waals surface area contributed by atoms with Crippen molar-refractivity contribution < 1.29 is 4.79 Å². The molecule has 5 nitrogen and oxygen atoms in total. The first-order valence-corrected chi connectivity index (χ1v) is 8.34. The average molecular weight is 308 g/mol. The third kappa shape index (κ3) is 2.74. The van der Waals surface area contributed by atoms with Crippen LogP contribution >= 0.6 is 22.7 Å². The SMILES string of the molecule is CC(N)c1nc(C(=O)Nc2nc3c(s2)CCCC3)cs1. The number of thiazole rings is 2. The van der Waals surface area contributed by atoms with E-state index < -0.39 is 0 Å². The summed E-state index contributed by atoms with van der Waals surface area (Å²) in [6.07, 6.45) is 4.50. The molecule has 0 bridgehead atoms. The van der Waals surface area contributed by atoms with Crippen molar-refractivity contribution in [1.29, 1.82) is 0 Å². The molecule has 2 heterocycles. The fourth-order valence-electron chi connectivity index (χ4n) is 2.17. The Hall–Kier alpha value is -1.31. The molecule has 2 aromatic rings. The zero-order valence-corrected chi connectivity index (χ0v) is 12.8. The predicted octanol–water partition coefficient (Wildman–Crippen LogP) is 2.75. The number of hydrogen-bond donors (Lipinski definition) is 2. The number of hydrogen-bond acceptors (Lipinski definition) is 6. The lowest BCUT2D eigenvalue weighted by Crippen LogP contribution is -2.13. The van der Waals surface area contributed by atoms with E-state index in [1.807, 2.05) is 6.92 Å². The maximum absolute atomic E-state index is 12.1. The van der Waals surface area contributed by atoms with E-state index in [9.17, 15) is 4.79 Å². The van der Waals surface area contributed by atoms with Gasteiger partial charge < -0.3 is 5.73 Å². The van der Waals surface area contributed by atoms with E-state index in [0.717, 1.165) is 23.5 Å². The first-order chi connectivity index (χ1) is 9.63. The summed E-state index contributed by atoms with van der Waals surface area (Å²) >= 11 is 2.99. The van der Waals surface area contributed by atoms with Gasteiger partial charge in [0.05, 0.1) is 11.7 Å². The molecule has 2 aromatic heterocycles. The molecule has 20 heavy (non-hydrogen) atoms. The van der Waals surface area contributed by atoms with Gasteiger partial charge in [-0.15, -0.1) is 22.7 Å². The second kappa shape index (κ2) is 5.59. The summed E-state index contributed by atoms with van der Waals surface area (Å²) in [6, 6.07) is -0.145. The molecule has 1 amide bonds. The predicted molar refractivity (Wildman–Crippen MR) is 81.4 cm³/mol. The first kappa shape index (κ1) is 13.7. The minimum absolute atomic E-state index is 0.145. The number of carbonyl (C=O) groups is 1. The fourth-order valence-corrected chi connectivity index (χ4v) is 3.97. The van der Waals surface area contributed by atoms with Crippen LogP contribution in [-0.4, -0.2) is 15.9 Å². The van der Waals surface area contributed by atoms with Crippen LogP contribution in [0.15, 0.2) is 5.38 Å². The Morgan fingerprint density at radius 3 is 2.90 bits per heavy atom. The van der Waals surface area contributed by atoms with Gasteiger partial charge in [-0.25, -0.2) is 9.97 Å². The molecule has 1 aliphatic carbocycles. The summed E-state index contributed by atoms with van der Waals surface area (Å²) in [5.74, 6) is -0.209. The monoisotopic (exact) mass is 308 g/mol. The number of nitrogens with zero attached hydrogens (tertiary/aromatic N) is 2. The van der Waals surface area contributed by atoms with E-state index in [0.29, 0.717) is 10.8 Å². The number of rotatable bonds is 3. The number of aryl methyl sites for hydroxylation is 2. The molecule has 3 rings (SSSR count). The minimum Gasteiger partial charge on any atom is -0.322 e. The number of amides is 1. The molecule has 0 aromatic carbocycles. The van der Waals surface area contributed by atoms with Crippen LogP contribution in [0.5, 0.6) is 0 Å². The van der Waals surface area contributed by atoms with Gasteiger partial charge in [0.1, 0.15) is 10.7 Å². The van der Waals surface area contributed by atoms with Gasteiger partial charge in [-0.2, -0.15) is 0 Å². The van der Waals surface area contributed by atoms with Gasteiger partial charge in [-0.3, -0.25) is 10.1 Å². The van der Waals surface area contributed by atoms with Gasteiger partial charge in [-0.1, -0.05) is 0 Å². The minimum atomic E-state index is -0.209. The highest BCUT2D eigenvalue weighted by Crippen LogP contribution is 2.29. The lowest BCUT2D eigenvalue weighted by atomic mass is 10.0. The van der Waals surface area contributed by atoms with Crippen molar-refractivity contribution in [2.24, 2.45) is 5.73 Å². The maximum Gasteiger partial charge on any atom is 0.276 e. The normalized spacial score (nSPS) is 15.7. The number of carbonyl (C=O) groups excluding carboxylic acids is 1. The van der Waals surface area contributed by atoms with Crippen molar-refractivity contribution in [2.45, 2.75) is 38.6 Å². The molecule has 106 valence electrons. The highest BCUT2D eigenvalue weighted by atomic mass is 32.1. The second-order valence-corrected chi connectivity index (χ2v) is 6.88. The molecule has 0 aliphatic heterocycles. The van der Waals surface area contributed by atoms with Gasteiger partial charge in [0.2, 0.25) is 0 Å². The Morgan fingerprint density at radius 2 is 2.20 bits per heavy atom. The molecule has 1 atom stereocenters. The summed E-state index contributed by atoms with van der Waals surface area (Å²) in [5.41, 5.74) is 7.31. The van der Waals surface area contributed by atoms with Crippen molar-refractivity contribution in [3.05, 3.63) is 26.7 Å². The number of fused-ring (bicyclic) bond motifs is 1.